The van der Waals surface area contributed by atoms with Crippen molar-refractivity contribution < 1.29 is 0 Å². The van der Waals surface area contributed by atoms with Crippen molar-refractivity contribution >= 4 is 34.2 Å². The highest BCUT2D eigenvalue weighted by Crippen LogP contribution is 2.24. The fourth-order valence-electron chi connectivity index (χ4n) is 2.20. The molecule has 0 saturated heterocycles. The van der Waals surface area contributed by atoms with Gasteiger partial charge in [0.05, 0.1) is 16.9 Å². The maximum Gasteiger partial charge on any atom is 0.129 e. The zero-order chi connectivity index (χ0) is 13.4. The second-order valence-electron chi connectivity index (χ2n) is 4.47. The topological polar surface area (TPSA) is 17.8 Å². The van der Waals surface area contributed by atoms with Gasteiger partial charge in [-0.05, 0) is 48.9 Å². The van der Waals surface area contributed by atoms with Gasteiger partial charge in [-0.2, -0.15) is 0 Å². The van der Waals surface area contributed by atoms with Crippen LogP contribution in [0.5, 0.6) is 0 Å². The number of rotatable bonds is 2. The van der Waals surface area contributed by atoms with Crippen LogP contribution in [0.15, 0.2) is 42.5 Å². The van der Waals surface area contributed by atoms with Gasteiger partial charge in [-0.3, -0.25) is 4.57 Å². The standard InChI is InChI=1S/C15H12Cl2N2/c1-10-2-7-13-14(8-10)19(15(9-16)18-13)12-5-3-11(17)4-6-12/h2-8H,9H2,1H3. The summed E-state index contributed by atoms with van der Waals surface area (Å²) in [5, 5.41) is 0.719. The maximum absolute atomic E-state index is 6.02. The highest BCUT2D eigenvalue weighted by molar-refractivity contribution is 6.30. The second-order valence-corrected chi connectivity index (χ2v) is 5.17. The van der Waals surface area contributed by atoms with Crippen LogP contribution in [-0.2, 0) is 5.88 Å². The van der Waals surface area contributed by atoms with Gasteiger partial charge >= 0.3 is 0 Å². The molecule has 3 aromatic rings. The Morgan fingerprint density at radius 1 is 1.11 bits per heavy atom. The molecule has 1 heterocycles. The van der Waals surface area contributed by atoms with Gasteiger partial charge in [0.25, 0.3) is 0 Å². The molecule has 0 unspecified atom stereocenters. The van der Waals surface area contributed by atoms with Gasteiger partial charge in [-0.15, -0.1) is 11.6 Å². The number of halogens is 2. The fraction of sp³-hybridized carbons (Fsp3) is 0.133. The SMILES string of the molecule is Cc1ccc2nc(CCl)n(-c3ccc(Cl)cc3)c2c1. The monoisotopic (exact) mass is 290 g/mol. The third-order valence-electron chi connectivity index (χ3n) is 3.08. The van der Waals surface area contributed by atoms with Crippen molar-refractivity contribution in [3.05, 3.63) is 58.9 Å². The van der Waals surface area contributed by atoms with E-state index in [-0.39, 0.29) is 0 Å². The maximum atomic E-state index is 6.02. The summed E-state index contributed by atoms with van der Waals surface area (Å²) >= 11 is 12.0. The van der Waals surface area contributed by atoms with Crippen molar-refractivity contribution in [3.8, 4) is 5.69 Å². The van der Waals surface area contributed by atoms with Gasteiger partial charge in [0.15, 0.2) is 0 Å². The van der Waals surface area contributed by atoms with Crippen molar-refractivity contribution in [2.75, 3.05) is 0 Å². The number of imidazole rings is 1. The lowest BCUT2D eigenvalue weighted by Gasteiger charge is -2.08. The van der Waals surface area contributed by atoms with Crippen LogP contribution < -0.4 is 0 Å². The predicted octanol–water partition coefficient (Wildman–Crippen LogP) is 4.73. The number of fused-ring (bicyclic) bond motifs is 1. The lowest BCUT2D eigenvalue weighted by atomic mass is 10.2. The second kappa shape index (κ2) is 4.87. The molecule has 0 aliphatic rings. The number of alkyl halides is 1. The Balaban J connectivity index is 2.31. The highest BCUT2D eigenvalue weighted by atomic mass is 35.5. The number of aryl methyl sites for hydroxylation is 1. The Morgan fingerprint density at radius 2 is 1.84 bits per heavy atom. The van der Waals surface area contributed by atoms with E-state index in [0.717, 1.165) is 27.6 Å². The molecular formula is C15H12Cl2N2. The van der Waals surface area contributed by atoms with Crippen LogP contribution in [0, 0.1) is 6.92 Å². The van der Waals surface area contributed by atoms with E-state index in [1.807, 2.05) is 30.3 Å². The summed E-state index contributed by atoms with van der Waals surface area (Å²) in [7, 11) is 0. The normalized spacial score (nSPS) is 11.1. The van der Waals surface area contributed by atoms with Crippen LogP contribution in [0.25, 0.3) is 16.7 Å². The average Bonchev–Trinajstić information content (AvgIpc) is 2.77. The van der Waals surface area contributed by atoms with E-state index in [1.54, 1.807) is 0 Å². The van der Waals surface area contributed by atoms with Crippen molar-refractivity contribution in [1.29, 1.82) is 0 Å². The summed E-state index contributed by atoms with van der Waals surface area (Å²) in [5.74, 6) is 1.21. The van der Waals surface area contributed by atoms with Crippen molar-refractivity contribution in [3.63, 3.8) is 0 Å². The van der Waals surface area contributed by atoms with Gasteiger partial charge < -0.3 is 0 Å². The van der Waals surface area contributed by atoms with Gasteiger partial charge in [-0.25, -0.2) is 4.98 Å². The molecule has 0 atom stereocenters. The zero-order valence-corrected chi connectivity index (χ0v) is 11.9. The first-order chi connectivity index (χ1) is 9.19. The molecule has 0 bridgehead atoms. The van der Waals surface area contributed by atoms with E-state index in [2.05, 4.69) is 28.6 Å². The third kappa shape index (κ3) is 2.22. The first kappa shape index (κ1) is 12.5. The van der Waals surface area contributed by atoms with Crippen molar-refractivity contribution in [1.82, 2.24) is 9.55 Å². The van der Waals surface area contributed by atoms with E-state index in [0.29, 0.717) is 5.88 Å². The largest absolute Gasteiger partial charge is 0.295 e. The van der Waals surface area contributed by atoms with Crippen LogP contribution in [-0.4, -0.2) is 9.55 Å². The molecule has 0 aliphatic heterocycles. The molecular weight excluding hydrogens is 279 g/mol. The Bertz CT molecular complexity index is 730. The fourth-order valence-corrected chi connectivity index (χ4v) is 2.51. The predicted molar refractivity (Wildman–Crippen MR) is 80.4 cm³/mol. The number of hydrogen-bond donors (Lipinski definition) is 0. The molecule has 0 radical (unpaired) electrons. The first-order valence-electron chi connectivity index (χ1n) is 5.99. The lowest BCUT2D eigenvalue weighted by Crippen LogP contribution is -1.99. The Kier molecular flexibility index (Phi) is 3.21. The van der Waals surface area contributed by atoms with Gasteiger partial charge in [0.1, 0.15) is 5.82 Å². The molecule has 3 rings (SSSR count). The molecule has 1 aromatic heterocycles. The quantitative estimate of drug-likeness (QED) is 0.624. The molecule has 0 fully saturated rings. The number of aromatic nitrogens is 2. The van der Waals surface area contributed by atoms with E-state index in [1.165, 1.54) is 5.56 Å². The van der Waals surface area contributed by atoms with Crippen LogP contribution in [0.4, 0.5) is 0 Å². The van der Waals surface area contributed by atoms with Crippen molar-refractivity contribution in [2.45, 2.75) is 12.8 Å². The number of hydrogen-bond acceptors (Lipinski definition) is 1. The lowest BCUT2D eigenvalue weighted by molar-refractivity contribution is 0.982. The van der Waals surface area contributed by atoms with Gasteiger partial charge in [0, 0.05) is 10.7 Å². The summed E-state index contributed by atoms with van der Waals surface area (Å²) in [6.07, 6.45) is 0. The highest BCUT2D eigenvalue weighted by Gasteiger charge is 2.11. The number of benzene rings is 2. The molecule has 0 spiro atoms. The molecule has 0 aliphatic carbocycles. The molecule has 4 heteroatoms. The molecule has 0 saturated carbocycles. The van der Waals surface area contributed by atoms with Crippen LogP contribution >= 0.6 is 23.2 Å². The van der Waals surface area contributed by atoms with E-state index in [9.17, 15) is 0 Å². The minimum absolute atomic E-state index is 0.371. The molecule has 96 valence electrons. The summed E-state index contributed by atoms with van der Waals surface area (Å²) in [5.41, 5.74) is 4.24. The Morgan fingerprint density at radius 3 is 2.53 bits per heavy atom. The summed E-state index contributed by atoms with van der Waals surface area (Å²) in [6, 6.07) is 13.9. The average molecular weight is 291 g/mol. The summed E-state index contributed by atoms with van der Waals surface area (Å²) < 4.78 is 2.08. The molecule has 0 N–H and O–H groups in total. The number of nitrogens with zero attached hydrogens (tertiary/aromatic N) is 2. The molecule has 19 heavy (non-hydrogen) atoms. The van der Waals surface area contributed by atoms with E-state index >= 15 is 0 Å². The van der Waals surface area contributed by atoms with Gasteiger partial charge in [0.2, 0.25) is 0 Å². The van der Waals surface area contributed by atoms with E-state index < -0.39 is 0 Å². The smallest absolute Gasteiger partial charge is 0.129 e. The molecule has 2 aromatic carbocycles. The van der Waals surface area contributed by atoms with Gasteiger partial charge in [-0.1, -0.05) is 17.7 Å². The van der Waals surface area contributed by atoms with Crippen LogP contribution in [0.1, 0.15) is 11.4 Å². The minimum atomic E-state index is 0.371. The zero-order valence-electron chi connectivity index (χ0n) is 10.4. The van der Waals surface area contributed by atoms with Crippen LogP contribution in [0.3, 0.4) is 0 Å². The third-order valence-corrected chi connectivity index (χ3v) is 3.57. The Labute approximate surface area is 121 Å². The minimum Gasteiger partial charge on any atom is -0.295 e. The molecule has 2 nitrogen and oxygen atoms in total. The van der Waals surface area contributed by atoms with Crippen molar-refractivity contribution in [2.24, 2.45) is 0 Å². The molecule has 0 amide bonds. The first-order valence-corrected chi connectivity index (χ1v) is 6.90. The summed E-state index contributed by atoms with van der Waals surface area (Å²) in [6.45, 7) is 2.07. The Hall–Kier alpha value is -1.51. The van der Waals surface area contributed by atoms with E-state index in [4.69, 9.17) is 23.2 Å². The summed E-state index contributed by atoms with van der Waals surface area (Å²) in [4.78, 5) is 4.57. The van der Waals surface area contributed by atoms with Crippen LogP contribution in [0.2, 0.25) is 5.02 Å².